The molecule has 1 heterocycles. The van der Waals surface area contributed by atoms with Gasteiger partial charge in [0.15, 0.2) is 0 Å². The lowest BCUT2D eigenvalue weighted by molar-refractivity contribution is -0.00000631. The van der Waals surface area contributed by atoms with Gasteiger partial charge in [-0.15, -0.1) is 11.8 Å². The van der Waals surface area contributed by atoms with Crippen molar-refractivity contribution in [2.24, 2.45) is 5.16 Å². The monoisotopic (exact) mass is 349 g/mol. The van der Waals surface area contributed by atoms with Crippen LogP contribution in [0.4, 0.5) is 0 Å². The van der Waals surface area contributed by atoms with Crippen molar-refractivity contribution >= 4 is 28.4 Å². The van der Waals surface area contributed by atoms with Gasteiger partial charge in [-0.05, 0) is 19.0 Å². The summed E-state index contributed by atoms with van der Waals surface area (Å²) in [6.45, 7) is 4.73. The van der Waals surface area contributed by atoms with Gasteiger partial charge in [0.2, 0.25) is 0 Å². The first-order valence-electron chi connectivity index (χ1n) is 6.71. The zero-order valence-electron chi connectivity index (χ0n) is 11.7. The van der Waals surface area contributed by atoms with Gasteiger partial charge in [0, 0.05) is 24.4 Å². The number of oxime groups is 1. The topological polar surface area (TPSA) is 45.1 Å². The Balaban J connectivity index is 0.00000220. The Morgan fingerprint density at radius 2 is 2.05 bits per heavy atom. The van der Waals surface area contributed by atoms with E-state index >= 15 is 0 Å². The Kier molecular flexibility index (Phi) is 9.11. The highest BCUT2D eigenvalue weighted by Gasteiger charge is 2.11. The molecular formula is C14H19Cl2N2O2S-. The van der Waals surface area contributed by atoms with Crippen LogP contribution in [0.2, 0.25) is 5.02 Å². The molecule has 0 aromatic heterocycles. The van der Waals surface area contributed by atoms with Gasteiger partial charge in [0.1, 0.15) is 5.04 Å². The SMILES string of the molecule is O/N=C(/SCCCN1CCOCC1)c1ccccc1Cl.[Cl-]. The van der Waals surface area contributed by atoms with E-state index in [-0.39, 0.29) is 12.4 Å². The van der Waals surface area contributed by atoms with E-state index in [2.05, 4.69) is 10.1 Å². The largest absolute Gasteiger partial charge is 1.00 e. The second kappa shape index (κ2) is 10.3. The number of thioether (sulfide) groups is 1. The maximum atomic E-state index is 9.13. The lowest BCUT2D eigenvalue weighted by Crippen LogP contribution is -3.00. The Bertz CT molecular complexity index is 454. The van der Waals surface area contributed by atoms with Gasteiger partial charge in [0.25, 0.3) is 0 Å². The predicted molar refractivity (Wildman–Crippen MR) is 84.1 cm³/mol. The molecule has 1 aromatic carbocycles. The van der Waals surface area contributed by atoms with Crippen molar-refractivity contribution in [2.45, 2.75) is 6.42 Å². The summed E-state index contributed by atoms with van der Waals surface area (Å²) >= 11 is 7.64. The van der Waals surface area contributed by atoms with E-state index in [0.29, 0.717) is 10.1 Å². The Morgan fingerprint density at radius 3 is 2.71 bits per heavy atom. The fourth-order valence-corrected chi connectivity index (χ4v) is 3.22. The molecule has 0 atom stereocenters. The molecule has 1 saturated heterocycles. The van der Waals surface area contributed by atoms with Crippen molar-refractivity contribution in [1.29, 1.82) is 0 Å². The molecule has 0 spiro atoms. The molecule has 2 rings (SSSR count). The molecule has 4 nitrogen and oxygen atoms in total. The number of hydrogen-bond donors (Lipinski definition) is 1. The van der Waals surface area contributed by atoms with Crippen molar-refractivity contribution < 1.29 is 22.4 Å². The molecule has 0 radical (unpaired) electrons. The first-order chi connectivity index (χ1) is 9.81. The standard InChI is InChI=1S/C14H19ClN2O2S.ClH/c15-13-5-2-1-4-12(13)14(16-18)20-11-3-6-17-7-9-19-10-8-17;/h1-2,4-5,18H,3,6-11H2;1H/p-1/b16-14+;. The van der Waals surface area contributed by atoms with Gasteiger partial charge >= 0.3 is 0 Å². The van der Waals surface area contributed by atoms with Crippen LogP contribution >= 0.6 is 23.4 Å². The Labute approximate surface area is 140 Å². The minimum absolute atomic E-state index is 0. The molecule has 0 saturated carbocycles. The summed E-state index contributed by atoms with van der Waals surface area (Å²) in [7, 11) is 0. The second-order valence-electron chi connectivity index (χ2n) is 4.54. The predicted octanol–water partition coefficient (Wildman–Crippen LogP) is -0.0647. The average Bonchev–Trinajstić information content (AvgIpc) is 2.50. The molecule has 0 amide bonds. The van der Waals surface area contributed by atoms with Crippen molar-refractivity contribution in [3.63, 3.8) is 0 Å². The van der Waals surface area contributed by atoms with Gasteiger partial charge in [-0.3, -0.25) is 4.90 Å². The molecule has 7 heteroatoms. The van der Waals surface area contributed by atoms with Crippen LogP contribution in [-0.4, -0.2) is 53.8 Å². The zero-order valence-corrected chi connectivity index (χ0v) is 14.0. The maximum absolute atomic E-state index is 9.13. The van der Waals surface area contributed by atoms with E-state index in [1.165, 1.54) is 11.8 Å². The molecule has 1 fully saturated rings. The molecule has 118 valence electrons. The summed E-state index contributed by atoms with van der Waals surface area (Å²) in [4.78, 5) is 2.40. The summed E-state index contributed by atoms with van der Waals surface area (Å²) < 4.78 is 5.32. The number of morpholine rings is 1. The van der Waals surface area contributed by atoms with E-state index in [9.17, 15) is 0 Å². The van der Waals surface area contributed by atoms with E-state index in [0.717, 1.165) is 50.6 Å². The Morgan fingerprint density at radius 1 is 1.33 bits per heavy atom. The number of ether oxygens (including phenoxy) is 1. The summed E-state index contributed by atoms with van der Waals surface area (Å²) in [5.41, 5.74) is 0.785. The van der Waals surface area contributed by atoms with E-state index in [4.69, 9.17) is 21.5 Å². The number of rotatable bonds is 5. The first kappa shape index (κ1) is 18.6. The zero-order chi connectivity index (χ0) is 14.2. The quantitative estimate of drug-likeness (QED) is 0.266. The van der Waals surface area contributed by atoms with Gasteiger partial charge in [-0.1, -0.05) is 35.0 Å². The third-order valence-corrected chi connectivity index (χ3v) is 4.55. The smallest absolute Gasteiger partial charge is 0.144 e. The normalized spacial score (nSPS) is 16.5. The molecule has 1 aliphatic heterocycles. The fraction of sp³-hybridized carbons (Fsp3) is 0.500. The van der Waals surface area contributed by atoms with Gasteiger partial charge in [-0.25, -0.2) is 0 Å². The summed E-state index contributed by atoms with van der Waals surface area (Å²) in [5, 5.41) is 13.7. The minimum Gasteiger partial charge on any atom is -1.00 e. The third-order valence-electron chi connectivity index (χ3n) is 3.16. The van der Waals surface area contributed by atoms with Crippen LogP contribution < -0.4 is 12.4 Å². The number of halogens is 2. The van der Waals surface area contributed by atoms with Crippen molar-refractivity contribution in [3.8, 4) is 0 Å². The van der Waals surface area contributed by atoms with Crippen LogP contribution in [-0.2, 0) is 4.74 Å². The van der Waals surface area contributed by atoms with Crippen LogP contribution in [0, 0.1) is 0 Å². The molecule has 0 aliphatic carbocycles. The van der Waals surface area contributed by atoms with Crippen LogP contribution in [0.15, 0.2) is 29.4 Å². The molecule has 1 N–H and O–H groups in total. The van der Waals surface area contributed by atoms with Crippen LogP contribution in [0.5, 0.6) is 0 Å². The molecule has 0 bridgehead atoms. The highest BCUT2D eigenvalue weighted by molar-refractivity contribution is 8.14. The lowest BCUT2D eigenvalue weighted by atomic mass is 10.2. The molecule has 1 aliphatic rings. The summed E-state index contributed by atoms with van der Waals surface area (Å²) in [6, 6.07) is 7.42. The van der Waals surface area contributed by atoms with Gasteiger partial charge in [0.05, 0.1) is 18.2 Å². The number of nitrogens with zero attached hydrogens (tertiary/aromatic N) is 2. The van der Waals surface area contributed by atoms with E-state index < -0.39 is 0 Å². The van der Waals surface area contributed by atoms with Crippen molar-refractivity contribution in [2.75, 3.05) is 38.6 Å². The summed E-state index contributed by atoms with van der Waals surface area (Å²) in [6.07, 6.45) is 1.05. The molecule has 0 unspecified atom stereocenters. The highest BCUT2D eigenvalue weighted by atomic mass is 35.5. The molecular weight excluding hydrogens is 331 g/mol. The minimum atomic E-state index is 0. The Hall–Kier alpha value is -0.460. The van der Waals surface area contributed by atoms with Gasteiger partial charge in [-0.2, -0.15) is 0 Å². The van der Waals surface area contributed by atoms with Crippen molar-refractivity contribution in [3.05, 3.63) is 34.9 Å². The van der Waals surface area contributed by atoms with Crippen LogP contribution in [0.25, 0.3) is 0 Å². The number of benzene rings is 1. The highest BCUT2D eigenvalue weighted by Crippen LogP contribution is 2.22. The van der Waals surface area contributed by atoms with Crippen LogP contribution in [0.1, 0.15) is 12.0 Å². The molecule has 21 heavy (non-hydrogen) atoms. The fourth-order valence-electron chi connectivity index (χ4n) is 2.08. The van der Waals surface area contributed by atoms with Gasteiger partial charge < -0.3 is 22.4 Å². The maximum Gasteiger partial charge on any atom is 0.144 e. The third kappa shape index (κ3) is 6.04. The second-order valence-corrected chi connectivity index (χ2v) is 6.03. The average molecular weight is 350 g/mol. The first-order valence-corrected chi connectivity index (χ1v) is 8.07. The number of hydrogen-bond acceptors (Lipinski definition) is 5. The molecule has 1 aromatic rings. The van der Waals surface area contributed by atoms with Crippen LogP contribution in [0.3, 0.4) is 0 Å². The van der Waals surface area contributed by atoms with E-state index in [1.807, 2.05) is 18.2 Å². The summed E-state index contributed by atoms with van der Waals surface area (Å²) in [5.74, 6) is 0.905. The van der Waals surface area contributed by atoms with Crippen molar-refractivity contribution in [1.82, 2.24) is 4.90 Å². The lowest BCUT2D eigenvalue weighted by Gasteiger charge is -2.26. The van der Waals surface area contributed by atoms with E-state index in [1.54, 1.807) is 6.07 Å².